The molecule has 0 spiro atoms. The summed E-state index contributed by atoms with van der Waals surface area (Å²) in [5.41, 5.74) is 0. The number of amides is 1. The maximum atomic E-state index is 11.8. The highest BCUT2D eigenvalue weighted by Gasteiger charge is 2.21. The number of rotatable bonds is 16. The second-order valence-electron chi connectivity index (χ2n) is 10.2. The molecule has 0 atom stereocenters. The van der Waals surface area contributed by atoms with Gasteiger partial charge in [0.2, 0.25) is 5.91 Å². The first-order valence-electron chi connectivity index (χ1n) is 13.4. The summed E-state index contributed by atoms with van der Waals surface area (Å²) in [5, 5.41) is 6.25. The lowest BCUT2D eigenvalue weighted by atomic mass is 9.87. The molecule has 2 aliphatic heterocycles. The molecular weight excluding hydrogens is 400 g/mol. The zero-order valence-electron chi connectivity index (χ0n) is 21.0. The molecule has 0 unspecified atom stereocenters. The minimum Gasteiger partial charge on any atom is -0.356 e. The number of hydrogen-bond donors (Lipinski definition) is 2. The van der Waals surface area contributed by atoms with E-state index in [1.54, 1.807) is 6.92 Å². The van der Waals surface area contributed by atoms with Crippen molar-refractivity contribution in [3.63, 3.8) is 0 Å². The summed E-state index contributed by atoms with van der Waals surface area (Å²) < 4.78 is 0. The molecule has 0 bridgehead atoms. The van der Waals surface area contributed by atoms with Crippen LogP contribution in [-0.2, 0) is 9.59 Å². The molecule has 2 saturated heterocycles. The van der Waals surface area contributed by atoms with Gasteiger partial charge in [0.1, 0.15) is 5.78 Å². The minimum atomic E-state index is 0.0874. The fourth-order valence-corrected chi connectivity index (χ4v) is 5.29. The van der Waals surface area contributed by atoms with Gasteiger partial charge < -0.3 is 25.2 Å². The normalized spacial score (nSPS) is 19.3. The van der Waals surface area contributed by atoms with Crippen molar-refractivity contribution >= 4 is 11.7 Å². The van der Waals surface area contributed by atoms with Crippen LogP contribution < -0.4 is 10.6 Å². The number of nitrogens with zero attached hydrogens (tertiary/aromatic N) is 2. The molecule has 2 rings (SSSR count). The fraction of sp³-hybridized carbons (Fsp3) is 0.923. The van der Waals surface area contributed by atoms with Gasteiger partial charge in [-0.05, 0) is 117 Å². The van der Waals surface area contributed by atoms with Crippen molar-refractivity contribution < 1.29 is 9.59 Å². The van der Waals surface area contributed by atoms with Gasteiger partial charge in [-0.25, -0.2) is 0 Å². The van der Waals surface area contributed by atoms with Crippen molar-refractivity contribution in [2.45, 2.75) is 84.0 Å². The van der Waals surface area contributed by atoms with Crippen molar-refractivity contribution in [3.05, 3.63) is 0 Å². The second-order valence-corrected chi connectivity index (χ2v) is 10.2. The molecule has 0 aromatic rings. The van der Waals surface area contributed by atoms with Gasteiger partial charge in [-0.2, -0.15) is 0 Å². The summed E-state index contributed by atoms with van der Waals surface area (Å²) in [6.45, 7) is 10.9. The van der Waals surface area contributed by atoms with E-state index in [1.165, 1.54) is 84.1 Å². The van der Waals surface area contributed by atoms with E-state index in [4.69, 9.17) is 0 Å². The topological polar surface area (TPSA) is 64.7 Å². The third-order valence-electron chi connectivity index (χ3n) is 7.45. The molecule has 0 saturated carbocycles. The molecule has 0 radical (unpaired) electrons. The van der Waals surface area contributed by atoms with Gasteiger partial charge in [-0.15, -0.1) is 0 Å². The predicted octanol–water partition coefficient (Wildman–Crippen LogP) is 3.46. The predicted molar refractivity (Wildman–Crippen MR) is 133 cm³/mol. The van der Waals surface area contributed by atoms with Gasteiger partial charge in [-0.1, -0.05) is 19.3 Å². The van der Waals surface area contributed by atoms with Crippen LogP contribution in [0.4, 0.5) is 0 Å². The van der Waals surface area contributed by atoms with Crippen molar-refractivity contribution in [2.24, 2.45) is 11.8 Å². The van der Waals surface area contributed by atoms with Crippen LogP contribution in [0, 0.1) is 11.8 Å². The Labute approximate surface area is 197 Å². The van der Waals surface area contributed by atoms with Gasteiger partial charge in [0.15, 0.2) is 0 Å². The molecule has 186 valence electrons. The van der Waals surface area contributed by atoms with Gasteiger partial charge in [-0.3, -0.25) is 4.79 Å². The van der Waals surface area contributed by atoms with E-state index in [1.807, 2.05) is 7.05 Å². The number of carbonyl (C=O) groups is 2. The molecule has 2 aliphatic rings. The van der Waals surface area contributed by atoms with Crippen LogP contribution in [0.1, 0.15) is 84.0 Å². The van der Waals surface area contributed by atoms with Crippen LogP contribution in [-0.4, -0.2) is 80.9 Å². The van der Waals surface area contributed by atoms with E-state index in [-0.39, 0.29) is 11.7 Å². The molecule has 1 amide bonds. The second kappa shape index (κ2) is 16.6. The van der Waals surface area contributed by atoms with E-state index in [2.05, 4.69) is 20.4 Å². The van der Waals surface area contributed by atoms with Crippen LogP contribution in [0.3, 0.4) is 0 Å². The van der Waals surface area contributed by atoms with E-state index >= 15 is 0 Å². The monoisotopic (exact) mass is 450 g/mol. The Morgan fingerprint density at radius 1 is 0.750 bits per heavy atom. The summed E-state index contributed by atoms with van der Waals surface area (Å²) in [7, 11) is 2.04. The Kier molecular flexibility index (Phi) is 14.1. The third-order valence-corrected chi connectivity index (χ3v) is 7.45. The number of piperidine rings is 2. The highest BCUT2D eigenvalue weighted by molar-refractivity contribution is 5.78. The zero-order chi connectivity index (χ0) is 23.0. The Morgan fingerprint density at radius 3 is 1.78 bits per heavy atom. The van der Waals surface area contributed by atoms with Crippen molar-refractivity contribution in [3.8, 4) is 0 Å². The number of carbonyl (C=O) groups excluding carboxylic acids is 2. The molecule has 2 heterocycles. The Bertz CT molecular complexity index is 512. The fourth-order valence-electron chi connectivity index (χ4n) is 5.29. The van der Waals surface area contributed by atoms with Gasteiger partial charge in [0.05, 0.1) is 0 Å². The molecule has 0 aliphatic carbocycles. The van der Waals surface area contributed by atoms with E-state index in [9.17, 15) is 9.59 Å². The average molecular weight is 451 g/mol. The maximum Gasteiger partial charge on any atom is 0.220 e. The standard InChI is InChI=1S/C26H50N4O2/c1-23(31)7-3-10-26(32)28-16-6-18-30-21-13-25(14-22-30)9-4-8-24-11-19-29(20-12-24)17-5-15-27-2/h24-25,27H,3-22H2,1-2H3,(H,28,32). The first kappa shape index (κ1) is 27.3. The number of Topliss-reactive ketones (excluding diaryl/α,β-unsaturated/α-hetero) is 1. The number of ketones is 1. The van der Waals surface area contributed by atoms with Crippen LogP contribution in [0.2, 0.25) is 0 Å². The zero-order valence-corrected chi connectivity index (χ0v) is 21.0. The van der Waals surface area contributed by atoms with Gasteiger partial charge in [0.25, 0.3) is 0 Å². The van der Waals surface area contributed by atoms with Crippen LogP contribution in [0.5, 0.6) is 0 Å². The van der Waals surface area contributed by atoms with Crippen LogP contribution in [0.25, 0.3) is 0 Å². The highest BCUT2D eigenvalue weighted by atomic mass is 16.1. The summed E-state index contributed by atoms with van der Waals surface area (Å²) in [5.74, 6) is 2.14. The molecule has 2 N–H and O–H groups in total. The summed E-state index contributed by atoms with van der Waals surface area (Å²) in [6, 6.07) is 0. The quantitative estimate of drug-likeness (QED) is 0.353. The first-order chi connectivity index (χ1) is 15.6. The number of hydrogen-bond acceptors (Lipinski definition) is 5. The lowest BCUT2D eigenvalue weighted by Gasteiger charge is -2.33. The Morgan fingerprint density at radius 2 is 1.28 bits per heavy atom. The lowest BCUT2D eigenvalue weighted by molar-refractivity contribution is -0.121. The average Bonchev–Trinajstić information content (AvgIpc) is 2.79. The third kappa shape index (κ3) is 12.3. The molecular formula is C26H50N4O2. The first-order valence-corrected chi connectivity index (χ1v) is 13.4. The minimum absolute atomic E-state index is 0.0874. The van der Waals surface area contributed by atoms with E-state index < -0.39 is 0 Å². The molecule has 0 aromatic carbocycles. The van der Waals surface area contributed by atoms with Crippen molar-refractivity contribution in [1.29, 1.82) is 0 Å². The van der Waals surface area contributed by atoms with Crippen LogP contribution >= 0.6 is 0 Å². The summed E-state index contributed by atoms with van der Waals surface area (Å²) in [4.78, 5) is 27.9. The smallest absolute Gasteiger partial charge is 0.220 e. The molecule has 6 nitrogen and oxygen atoms in total. The molecule has 0 aromatic heterocycles. The lowest BCUT2D eigenvalue weighted by Crippen LogP contribution is -2.36. The largest absolute Gasteiger partial charge is 0.356 e. The Hall–Kier alpha value is -0.980. The van der Waals surface area contributed by atoms with E-state index in [0.29, 0.717) is 19.3 Å². The molecule has 6 heteroatoms. The summed E-state index contributed by atoms with van der Waals surface area (Å²) >= 11 is 0. The Balaban J connectivity index is 1.42. The molecule has 2 fully saturated rings. The molecule has 32 heavy (non-hydrogen) atoms. The van der Waals surface area contributed by atoms with Gasteiger partial charge in [0, 0.05) is 19.4 Å². The van der Waals surface area contributed by atoms with Crippen LogP contribution in [0.15, 0.2) is 0 Å². The number of likely N-dealkylation sites (tertiary alicyclic amines) is 2. The number of nitrogens with one attached hydrogen (secondary N) is 2. The summed E-state index contributed by atoms with van der Waals surface area (Å²) in [6.07, 6.45) is 13.8. The van der Waals surface area contributed by atoms with E-state index in [0.717, 1.165) is 37.9 Å². The van der Waals surface area contributed by atoms with Crippen molar-refractivity contribution in [2.75, 3.05) is 59.4 Å². The maximum absolute atomic E-state index is 11.8. The van der Waals surface area contributed by atoms with Crippen molar-refractivity contribution in [1.82, 2.24) is 20.4 Å². The van der Waals surface area contributed by atoms with Gasteiger partial charge >= 0.3 is 0 Å². The SMILES string of the molecule is CNCCCN1CCC(CCCC2CCN(CCCNC(=O)CCCC(C)=O)CC2)CC1. The highest BCUT2D eigenvalue weighted by Crippen LogP contribution is 2.27.